The molecule has 3 aromatic heterocycles. The van der Waals surface area contributed by atoms with Gasteiger partial charge in [0, 0.05) is 49.0 Å². The number of carbonyl (C=O) groups is 2. The fourth-order valence-electron chi connectivity index (χ4n) is 3.89. The van der Waals surface area contributed by atoms with Crippen molar-refractivity contribution in [3.05, 3.63) is 69.6 Å². The van der Waals surface area contributed by atoms with Crippen molar-refractivity contribution in [3.8, 4) is 5.88 Å². The van der Waals surface area contributed by atoms with Gasteiger partial charge in [0.1, 0.15) is 0 Å². The molecule has 0 atom stereocenters. The molecule has 0 bridgehead atoms. The Morgan fingerprint density at radius 2 is 1.78 bits per heavy atom. The number of thiophene rings is 1. The summed E-state index contributed by atoms with van der Waals surface area (Å²) in [6.07, 6.45) is 3.36. The van der Waals surface area contributed by atoms with Crippen LogP contribution in [0.3, 0.4) is 0 Å². The lowest BCUT2D eigenvalue weighted by atomic mass is 10.1. The highest BCUT2D eigenvalue weighted by Gasteiger charge is 2.31. The van der Waals surface area contributed by atoms with E-state index in [0.717, 1.165) is 0 Å². The fraction of sp³-hybridized carbons (Fsp3) is 0.182. The normalized spacial score (nSPS) is 14.2. The van der Waals surface area contributed by atoms with Crippen LogP contribution in [0.1, 0.15) is 15.2 Å². The number of benzene rings is 1. The number of rotatable bonds is 3. The molecule has 4 heterocycles. The Balaban J connectivity index is 1.48. The monoisotopic (exact) mass is 467 g/mol. The second-order valence-electron chi connectivity index (χ2n) is 7.31. The van der Waals surface area contributed by atoms with Crippen LogP contribution in [-0.2, 0) is 0 Å². The average Bonchev–Trinajstić information content (AvgIpc) is 3.45. The van der Waals surface area contributed by atoms with Gasteiger partial charge in [0.05, 0.1) is 16.0 Å². The van der Waals surface area contributed by atoms with Crippen LogP contribution in [0.2, 0.25) is 5.02 Å². The lowest BCUT2D eigenvalue weighted by Crippen LogP contribution is -2.50. The van der Waals surface area contributed by atoms with E-state index in [1.165, 1.54) is 15.9 Å². The Morgan fingerprint density at radius 3 is 2.47 bits per heavy atom. The molecule has 1 aromatic carbocycles. The molecule has 1 aliphatic rings. The number of hydrogen-bond donors (Lipinski definition) is 1. The highest BCUT2D eigenvalue weighted by Crippen LogP contribution is 2.36. The topological polar surface area (TPSA) is 91.6 Å². The van der Waals surface area contributed by atoms with Crippen molar-refractivity contribution < 1.29 is 14.7 Å². The fourth-order valence-corrected chi connectivity index (χ4v) is 4.73. The smallest absolute Gasteiger partial charge is 0.331 e. The predicted molar refractivity (Wildman–Crippen MR) is 123 cm³/mol. The summed E-state index contributed by atoms with van der Waals surface area (Å²) in [6.45, 7) is 1.97. The Labute approximate surface area is 192 Å². The number of nitrogens with zero attached hydrogens (tertiary/aromatic N) is 5. The number of aromatic nitrogens is 3. The van der Waals surface area contributed by atoms with Gasteiger partial charge in [0.25, 0.3) is 0 Å². The van der Waals surface area contributed by atoms with E-state index in [9.17, 15) is 14.7 Å². The van der Waals surface area contributed by atoms with Crippen molar-refractivity contribution in [3.63, 3.8) is 0 Å². The van der Waals surface area contributed by atoms with Gasteiger partial charge in [0.15, 0.2) is 0 Å². The largest absolute Gasteiger partial charge is 0.494 e. The molecule has 4 aromatic rings. The predicted octanol–water partition coefficient (Wildman–Crippen LogP) is 3.87. The molecule has 162 valence electrons. The second-order valence-corrected chi connectivity index (χ2v) is 8.69. The van der Waals surface area contributed by atoms with E-state index >= 15 is 0 Å². The number of halogens is 1. The number of fused-ring (bicyclic) bond motifs is 1. The number of aromatic hydroxyl groups is 1. The average molecular weight is 468 g/mol. The molecule has 1 N–H and O–H groups in total. The molecule has 0 aliphatic carbocycles. The maximum absolute atomic E-state index is 13.4. The van der Waals surface area contributed by atoms with Gasteiger partial charge in [-0.3, -0.25) is 4.79 Å². The summed E-state index contributed by atoms with van der Waals surface area (Å²) < 4.78 is 1.20. The first kappa shape index (κ1) is 20.5. The number of piperazine rings is 1. The van der Waals surface area contributed by atoms with Gasteiger partial charge in [-0.15, -0.1) is 11.3 Å². The summed E-state index contributed by atoms with van der Waals surface area (Å²) in [5.74, 6) is -0.103. The van der Waals surface area contributed by atoms with Crippen molar-refractivity contribution in [2.24, 2.45) is 0 Å². The van der Waals surface area contributed by atoms with Crippen molar-refractivity contribution in [1.82, 2.24) is 19.4 Å². The van der Waals surface area contributed by atoms with Gasteiger partial charge in [0.2, 0.25) is 17.6 Å². The number of amides is 1. The molecular weight excluding hydrogens is 450 g/mol. The van der Waals surface area contributed by atoms with E-state index in [2.05, 4.69) is 9.97 Å². The quantitative estimate of drug-likeness (QED) is 0.460. The van der Waals surface area contributed by atoms with Crippen molar-refractivity contribution in [1.29, 1.82) is 0 Å². The van der Waals surface area contributed by atoms with Crippen molar-refractivity contribution in [2.75, 3.05) is 31.1 Å². The molecule has 1 fully saturated rings. The summed E-state index contributed by atoms with van der Waals surface area (Å²) in [5.41, 5.74) is 0.514. The molecular formula is C22H18ClN5O3S. The van der Waals surface area contributed by atoms with Crippen molar-refractivity contribution >= 4 is 51.6 Å². The zero-order valence-corrected chi connectivity index (χ0v) is 18.4. The molecule has 10 heteroatoms. The molecule has 1 saturated heterocycles. The van der Waals surface area contributed by atoms with Crippen LogP contribution in [0.4, 0.5) is 10.7 Å². The molecule has 1 amide bonds. The number of carbonyl (C=O) groups excluding carboxylic acids is 2. The molecule has 32 heavy (non-hydrogen) atoms. The molecule has 5 rings (SSSR count). The summed E-state index contributed by atoms with van der Waals surface area (Å²) in [7, 11) is 0. The zero-order valence-electron chi connectivity index (χ0n) is 16.8. The summed E-state index contributed by atoms with van der Waals surface area (Å²) in [4.78, 5) is 39.2. The maximum atomic E-state index is 13.4. The Morgan fingerprint density at radius 1 is 1.03 bits per heavy atom. The minimum absolute atomic E-state index is 0.0784. The third-order valence-corrected chi connectivity index (χ3v) is 6.56. The lowest BCUT2D eigenvalue weighted by Gasteiger charge is -2.34. The summed E-state index contributed by atoms with van der Waals surface area (Å²) in [6, 6.07) is 9.70. The first-order valence-electron chi connectivity index (χ1n) is 9.97. The lowest BCUT2D eigenvalue weighted by molar-refractivity contribution is 0.104. The molecule has 0 spiro atoms. The molecule has 1 aliphatic heterocycles. The standard InChI is InChI=1S/C22H18ClN5O3S/c23-14-4-5-16-15(13-14)18(19(29)17-3-1-12-32-17)20(30)28(16)22(31)27-10-8-26(9-11-27)21-24-6-2-7-25-21/h1-7,12-13,30H,8-11H2. The van der Waals surface area contributed by atoms with E-state index in [1.54, 1.807) is 59.1 Å². The van der Waals surface area contributed by atoms with E-state index in [1.807, 2.05) is 4.90 Å². The molecule has 0 saturated carbocycles. The van der Waals surface area contributed by atoms with E-state index < -0.39 is 6.03 Å². The minimum atomic E-state index is -0.395. The third kappa shape index (κ3) is 3.49. The van der Waals surface area contributed by atoms with Crippen LogP contribution in [0.15, 0.2) is 54.2 Å². The van der Waals surface area contributed by atoms with Crippen LogP contribution in [0, 0.1) is 0 Å². The number of anilines is 1. The number of hydrogen-bond acceptors (Lipinski definition) is 7. The van der Waals surface area contributed by atoms with E-state index in [-0.39, 0.29) is 17.2 Å². The van der Waals surface area contributed by atoms with Crippen LogP contribution in [0.5, 0.6) is 5.88 Å². The van der Waals surface area contributed by atoms with Crippen molar-refractivity contribution in [2.45, 2.75) is 0 Å². The summed E-state index contributed by atoms with van der Waals surface area (Å²) >= 11 is 7.45. The molecule has 8 nitrogen and oxygen atoms in total. The summed E-state index contributed by atoms with van der Waals surface area (Å²) in [5, 5.41) is 13.7. The van der Waals surface area contributed by atoms with E-state index in [4.69, 9.17) is 11.6 Å². The molecule has 0 unspecified atom stereocenters. The van der Waals surface area contributed by atoms with Gasteiger partial charge in [-0.25, -0.2) is 19.3 Å². The first-order valence-corrected chi connectivity index (χ1v) is 11.2. The molecule has 0 radical (unpaired) electrons. The van der Waals surface area contributed by atoms with Gasteiger partial charge in [-0.1, -0.05) is 17.7 Å². The van der Waals surface area contributed by atoms with E-state index in [0.29, 0.717) is 52.9 Å². The van der Waals surface area contributed by atoms with Crippen LogP contribution in [0.25, 0.3) is 10.9 Å². The highest BCUT2D eigenvalue weighted by atomic mass is 35.5. The van der Waals surface area contributed by atoms with Gasteiger partial charge >= 0.3 is 6.03 Å². The van der Waals surface area contributed by atoms with Crippen LogP contribution < -0.4 is 4.90 Å². The number of ketones is 1. The maximum Gasteiger partial charge on any atom is 0.331 e. The van der Waals surface area contributed by atoms with Gasteiger partial charge in [-0.05, 0) is 35.7 Å². The SMILES string of the molecule is O=C(c1cccs1)c1c(O)n(C(=O)N2CCN(c3ncccn3)CC2)c2ccc(Cl)cc12. The second kappa shape index (κ2) is 8.25. The van der Waals surface area contributed by atoms with Gasteiger partial charge < -0.3 is 14.9 Å². The Hall–Kier alpha value is -3.43. The third-order valence-electron chi connectivity index (χ3n) is 5.45. The minimum Gasteiger partial charge on any atom is -0.494 e. The highest BCUT2D eigenvalue weighted by molar-refractivity contribution is 7.12. The first-order chi connectivity index (χ1) is 15.5. The zero-order chi connectivity index (χ0) is 22.2. The Bertz CT molecular complexity index is 1300. The van der Waals surface area contributed by atoms with Crippen LogP contribution in [-0.4, -0.2) is 62.5 Å². The Kier molecular flexibility index (Phi) is 5.28. The van der Waals surface area contributed by atoms with Crippen LogP contribution >= 0.6 is 22.9 Å². The van der Waals surface area contributed by atoms with Gasteiger partial charge in [-0.2, -0.15) is 0 Å².